The molecule has 3 rings (SSSR count). The van der Waals surface area contributed by atoms with Gasteiger partial charge in [0.15, 0.2) is 0 Å². The van der Waals surface area contributed by atoms with Gasteiger partial charge in [0, 0.05) is 31.7 Å². The summed E-state index contributed by atoms with van der Waals surface area (Å²) in [7, 11) is -3.14. The van der Waals surface area contributed by atoms with Crippen LogP contribution in [-0.4, -0.2) is 44.0 Å². The summed E-state index contributed by atoms with van der Waals surface area (Å²) in [6, 6.07) is 7.90. The number of benzene rings is 1. The lowest BCUT2D eigenvalue weighted by Crippen LogP contribution is -2.40. The van der Waals surface area contributed by atoms with Crippen LogP contribution < -0.4 is 4.90 Å². The van der Waals surface area contributed by atoms with Crippen molar-refractivity contribution in [3.8, 4) is 0 Å². The quantitative estimate of drug-likeness (QED) is 0.848. The first-order chi connectivity index (χ1) is 10.1. The summed E-state index contributed by atoms with van der Waals surface area (Å²) in [5, 5.41) is 0. The molecule has 0 saturated carbocycles. The molecule has 0 radical (unpaired) electrons. The molecule has 21 heavy (non-hydrogen) atoms. The molecule has 2 aliphatic heterocycles. The maximum Gasteiger partial charge on any atom is 0.228 e. The summed E-state index contributed by atoms with van der Waals surface area (Å²) in [4.78, 5) is 14.1. The van der Waals surface area contributed by atoms with Gasteiger partial charge in [0.05, 0.1) is 5.75 Å². The SMILES string of the molecule is O=C(CCN1CCCCS1(=O)=O)N1CCc2ccccc21. The van der Waals surface area contributed by atoms with Crippen LogP contribution in [0.3, 0.4) is 0 Å². The third-order valence-electron chi connectivity index (χ3n) is 4.22. The van der Waals surface area contributed by atoms with Crippen LogP contribution in [0.15, 0.2) is 24.3 Å². The van der Waals surface area contributed by atoms with Crippen molar-refractivity contribution in [2.45, 2.75) is 25.7 Å². The summed E-state index contributed by atoms with van der Waals surface area (Å²) in [5.74, 6) is 0.231. The van der Waals surface area contributed by atoms with Gasteiger partial charge in [-0.15, -0.1) is 0 Å². The van der Waals surface area contributed by atoms with Gasteiger partial charge in [0.1, 0.15) is 0 Å². The highest BCUT2D eigenvalue weighted by atomic mass is 32.2. The van der Waals surface area contributed by atoms with E-state index in [9.17, 15) is 13.2 Å². The van der Waals surface area contributed by atoms with Crippen LogP contribution in [0.4, 0.5) is 5.69 Å². The standard InChI is InChI=1S/C15H20N2O3S/c18-15(8-10-16-9-3-4-12-21(16,19)20)17-11-7-13-5-1-2-6-14(13)17/h1-2,5-6H,3-4,7-12H2. The fraction of sp³-hybridized carbons (Fsp3) is 0.533. The van der Waals surface area contributed by atoms with Crippen molar-refractivity contribution < 1.29 is 13.2 Å². The van der Waals surface area contributed by atoms with E-state index in [1.807, 2.05) is 24.3 Å². The number of carbonyl (C=O) groups is 1. The first-order valence-corrected chi connectivity index (χ1v) is 9.05. The first-order valence-electron chi connectivity index (χ1n) is 7.44. The van der Waals surface area contributed by atoms with Crippen LogP contribution in [0.2, 0.25) is 0 Å². The van der Waals surface area contributed by atoms with E-state index in [-0.39, 0.29) is 18.1 Å². The first kappa shape index (κ1) is 14.5. The third kappa shape index (κ3) is 2.96. The lowest BCUT2D eigenvalue weighted by molar-refractivity contribution is -0.118. The minimum absolute atomic E-state index is 0.0146. The second kappa shape index (κ2) is 5.77. The highest BCUT2D eigenvalue weighted by molar-refractivity contribution is 7.89. The van der Waals surface area contributed by atoms with Crippen LogP contribution in [0.1, 0.15) is 24.8 Å². The maximum atomic E-state index is 12.4. The summed E-state index contributed by atoms with van der Waals surface area (Å²) >= 11 is 0. The molecule has 0 aromatic heterocycles. The zero-order chi connectivity index (χ0) is 14.9. The van der Waals surface area contributed by atoms with Crippen molar-refractivity contribution >= 4 is 21.6 Å². The van der Waals surface area contributed by atoms with Crippen molar-refractivity contribution in [1.29, 1.82) is 0 Å². The molecular formula is C15H20N2O3S. The Kier molecular flexibility index (Phi) is 3.99. The highest BCUT2D eigenvalue weighted by Gasteiger charge is 2.28. The van der Waals surface area contributed by atoms with Crippen LogP contribution in [0.5, 0.6) is 0 Å². The molecule has 0 spiro atoms. The average Bonchev–Trinajstić information content (AvgIpc) is 2.89. The highest BCUT2D eigenvalue weighted by Crippen LogP contribution is 2.28. The molecule has 1 fully saturated rings. The summed E-state index contributed by atoms with van der Waals surface area (Å²) in [6.07, 6.45) is 2.75. The van der Waals surface area contributed by atoms with E-state index in [1.165, 1.54) is 9.87 Å². The van der Waals surface area contributed by atoms with Gasteiger partial charge in [0.25, 0.3) is 0 Å². The van der Waals surface area contributed by atoms with E-state index in [4.69, 9.17) is 0 Å². The van der Waals surface area contributed by atoms with E-state index >= 15 is 0 Å². The Morgan fingerprint density at radius 1 is 1.14 bits per heavy atom. The molecule has 0 aliphatic carbocycles. The number of sulfonamides is 1. The number of rotatable bonds is 3. The van der Waals surface area contributed by atoms with Gasteiger partial charge in [-0.3, -0.25) is 4.79 Å². The van der Waals surface area contributed by atoms with Crippen molar-refractivity contribution in [2.75, 3.05) is 30.3 Å². The zero-order valence-electron chi connectivity index (χ0n) is 12.0. The fourth-order valence-electron chi connectivity index (χ4n) is 3.04. The number of hydrogen-bond acceptors (Lipinski definition) is 3. The molecule has 1 amide bonds. The number of amides is 1. The van der Waals surface area contributed by atoms with E-state index in [0.29, 0.717) is 19.6 Å². The van der Waals surface area contributed by atoms with Crippen LogP contribution in [-0.2, 0) is 21.2 Å². The molecule has 0 bridgehead atoms. The lowest BCUT2D eigenvalue weighted by Gasteiger charge is -2.26. The Morgan fingerprint density at radius 2 is 1.95 bits per heavy atom. The topological polar surface area (TPSA) is 57.7 Å². The minimum atomic E-state index is -3.14. The Bertz CT molecular complexity index is 642. The predicted octanol–water partition coefficient (Wildman–Crippen LogP) is 1.39. The monoisotopic (exact) mass is 308 g/mol. The summed E-state index contributed by atoms with van der Waals surface area (Å²) in [6.45, 7) is 1.55. The molecular weight excluding hydrogens is 288 g/mol. The molecule has 2 aliphatic rings. The van der Waals surface area contributed by atoms with E-state index in [2.05, 4.69) is 0 Å². The number of anilines is 1. The Hall–Kier alpha value is -1.40. The smallest absolute Gasteiger partial charge is 0.228 e. The third-order valence-corrected chi connectivity index (χ3v) is 6.17. The second-order valence-corrected chi connectivity index (χ2v) is 7.68. The molecule has 6 heteroatoms. The number of fused-ring (bicyclic) bond motifs is 1. The number of carbonyl (C=O) groups excluding carboxylic acids is 1. The molecule has 1 aromatic carbocycles. The van der Waals surface area contributed by atoms with Crippen LogP contribution in [0, 0.1) is 0 Å². The lowest BCUT2D eigenvalue weighted by atomic mass is 10.2. The molecule has 2 heterocycles. The predicted molar refractivity (Wildman–Crippen MR) is 81.7 cm³/mol. The van der Waals surface area contributed by atoms with Crippen molar-refractivity contribution in [2.24, 2.45) is 0 Å². The Labute approximate surface area is 125 Å². The molecule has 0 unspecified atom stereocenters. The normalized spacial score (nSPS) is 21.2. The summed E-state index contributed by atoms with van der Waals surface area (Å²) in [5.41, 5.74) is 2.17. The second-order valence-electron chi connectivity index (χ2n) is 5.60. The Balaban J connectivity index is 1.63. The van der Waals surface area contributed by atoms with Crippen molar-refractivity contribution in [3.63, 3.8) is 0 Å². The molecule has 0 N–H and O–H groups in total. The van der Waals surface area contributed by atoms with Gasteiger partial charge in [-0.1, -0.05) is 18.2 Å². The van der Waals surface area contributed by atoms with Gasteiger partial charge in [-0.2, -0.15) is 0 Å². The van der Waals surface area contributed by atoms with Gasteiger partial charge in [-0.05, 0) is 30.9 Å². The molecule has 1 saturated heterocycles. The zero-order valence-corrected chi connectivity index (χ0v) is 12.8. The number of hydrogen-bond donors (Lipinski definition) is 0. The van der Waals surface area contributed by atoms with E-state index in [1.54, 1.807) is 4.90 Å². The van der Waals surface area contributed by atoms with Gasteiger partial charge in [0.2, 0.25) is 15.9 Å². The number of nitrogens with zero attached hydrogens (tertiary/aromatic N) is 2. The molecule has 1 aromatic rings. The fourth-order valence-corrected chi connectivity index (χ4v) is 4.65. The molecule has 5 nitrogen and oxygen atoms in total. The van der Waals surface area contributed by atoms with Gasteiger partial charge < -0.3 is 4.90 Å². The minimum Gasteiger partial charge on any atom is -0.312 e. The number of para-hydroxylation sites is 1. The van der Waals surface area contributed by atoms with Gasteiger partial charge in [-0.25, -0.2) is 12.7 Å². The summed E-state index contributed by atoms with van der Waals surface area (Å²) < 4.78 is 25.3. The molecule has 0 atom stereocenters. The Morgan fingerprint density at radius 3 is 2.76 bits per heavy atom. The largest absolute Gasteiger partial charge is 0.312 e. The maximum absolute atomic E-state index is 12.4. The van der Waals surface area contributed by atoms with E-state index < -0.39 is 10.0 Å². The van der Waals surface area contributed by atoms with Crippen LogP contribution >= 0.6 is 0 Å². The van der Waals surface area contributed by atoms with E-state index in [0.717, 1.165) is 24.9 Å². The van der Waals surface area contributed by atoms with Crippen molar-refractivity contribution in [1.82, 2.24) is 4.31 Å². The average molecular weight is 308 g/mol. The van der Waals surface area contributed by atoms with Gasteiger partial charge >= 0.3 is 0 Å². The van der Waals surface area contributed by atoms with Crippen molar-refractivity contribution in [3.05, 3.63) is 29.8 Å². The van der Waals surface area contributed by atoms with Crippen LogP contribution in [0.25, 0.3) is 0 Å². The molecule has 114 valence electrons.